The van der Waals surface area contributed by atoms with Crippen LogP contribution in [0.15, 0.2) is 24.3 Å². The van der Waals surface area contributed by atoms with Crippen LogP contribution in [-0.2, 0) is 21.2 Å². The van der Waals surface area contributed by atoms with E-state index in [1.54, 1.807) is 6.92 Å². The molecule has 1 atom stereocenters. The molecule has 2 aromatic rings. The van der Waals surface area contributed by atoms with Gasteiger partial charge in [-0.25, -0.2) is 8.42 Å². The van der Waals surface area contributed by atoms with E-state index in [1.165, 1.54) is 4.80 Å². The summed E-state index contributed by atoms with van der Waals surface area (Å²) in [6.45, 7) is 3.58. The molecular formula is C15H19N5O3S. The second-order valence-corrected chi connectivity index (χ2v) is 8.59. The molecule has 8 nitrogen and oxygen atoms in total. The SMILES string of the molecule is Cc1ccccc1-c1nnn(CC(=O)N[C@@]2(C)CCS(=O)(=O)C2)n1. The van der Waals surface area contributed by atoms with E-state index in [0.717, 1.165) is 11.1 Å². The van der Waals surface area contributed by atoms with Crippen LogP contribution in [-0.4, -0.2) is 51.6 Å². The van der Waals surface area contributed by atoms with E-state index in [9.17, 15) is 13.2 Å². The maximum atomic E-state index is 12.2. The molecule has 0 spiro atoms. The Kier molecular flexibility index (Phi) is 4.12. The van der Waals surface area contributed by atoms with Crippen LogP contribution < -0.4 is 5.32 Å². The quantitative estimate of drug-likeness (QED) is 0.853. The lowest BCUT2D eigenvalue weighted by molar-refractivity contribution is -0.123. The number of nitrogens with zero attached hydrogens (tertiary/aromatic N) is 4. The fourth-order valence-corrected chi connectivity index (χ4v) is 4.95. The van der Waals surface area contributed by atoms with Crippen molar-refractivity contribution in [2.24, 2.45) is 0 Å². The summed E-state index contributed by atoms with van der Waals surface area (Å²) in [5.41, 5.74) is 1.15. The Hall–Kier alpha value is -2.29. The highest BCUT2D eigenvalue weighted by molar-refractivity contribution is 7.91. The zero-order valence-electron chi connectivity index (χ0n) is 13.6. The molecule has 0 saturated carbocycles. The molecule has 1 aromatic carbocycles. The van der Waals surface area contributed by atoms with Crippen molar-refractivity contribution in [1.29, 1.82) is 0 Å². The van der Waals surface area contributed by atoms with Crippen molar-refractivity contribution in [1.82, 2.24) is 25.5 Å². The van der Waals surface area contributed by atoms with Crippen LogP contribution in [0.5, 0.6) is 0 Å². The number of amides is 1. The van der Waals surface area contributed by atoms with Crippen molar-refractivity contribution >= 4 is 15.7 Å². The Morgan fingerprint density at radius 2 is 2.12 bits per heavy atom. The zero-order valence-corrected chi connectivity index (χ0v) is 14.4. The molecule has 3 rings (SSSR count). The van der Waals surface area contributed by atoms with Gasteiger partial charge in [0.1, 0.15) is 6.54 Å². The first-order chi connectivity index (χ1) is 11.3. The number of aromatic nitrogens is 4. The number of carbonyl (C=O) groups is 1. The van der Waals surface area contributed by atoms with Gasteiger partial charge < -0.3 is 5.32 Å². The monoisotopic (exact) mass is 349 g/mol. The molecule has 2 heterocycles. The molecule has 1 amide bonds. The average Bonchev–Trinajstić information content (AvgIpc) is 3.03. The van der Waals surface area contributed by atoms with Crippen molar-refractivity contribution < 1.29 is 13.2 Å². The second-order valence-electron chi connectivity index (χ2n) is 6.41. The fraction of sp³-hybridized carbons (Fsp3) is 0.467. The van der Waals surface area contributed by atoms with Crippen LogP contribution in [0.1, 0.15) is 18.9 Å². The minimum Gasteiger partial charge on any atom is -0.348 e. The lowest BCUT2D eigenvalue weighted by Gasteiger charge is -2.23. The Bertz CT molecular complexity index is 877. The van der Waals surface area contributed by atoms with E-state index >= 15 is 0 Å². The third kappa shape index (κ3) is 3.61. The molecule has 0 radical (unpaired) electrons. The standard InChI is InChI=1S/C15H19N5O3S/c1-11-5-3-4-6-12(11)14-17-19-20(18-14)9-13(21)16-15(2)7-8-24(22,23)10-15/h3-6H,7-10H2,1-2H3,(H,16,21)/t15-/m0/s1. The molecule has 1 aliphatic heterocycles. The number of rotatable bonds is 4. The Morgan fingerprint density at radius 1 is 1.38 bits per heavy atom. The van der Waals surface area contributed by atoms with Gasteiger partial charge in [-0.2, -0.15) is 4.80 Å². The number of carbonyl (C=O) groups excluding carboxylic acids is 1. The van der Waals surface area contributed by atoms with Gasteiger partial charge in [-0.15, -0.1) is 10.2 Å². The molecule has 1 saturated heterocycles. The van der Waals surface area contributed by atoms with Gasteiger partial charge in [-0.3, -0.25) is 4.79 Å². The topological polar surface area (TPSA) is 107 Å². The van der Waals surface area contributed by atoms with Crippen LogP contribution in [0, 0.1) is 6.92 Å². The summed E-state index contributed by atoms with van der Waals surface area (Å²) in [5, 5.41) is 14.9. The van der Waals surface area contributed by atoms with E-state index in [2.05, 4.69) is 20.7 Å². The number of hydrogen-bond donors (Lipinski definition) is 1. The van der Waals surface area contributed by atoms with Gasteiger partial charge in [-0.1, -0.05) is 24.3 Å². The summed E-state index contributed by atoms with van der Waals surface area (Å²) in [6.07, 6.45) is 0.417. The third-order valence-electron chi connectivity index (χ3n) is 4.07. The minimum atomic E-state index is -3.07. The Balaban J connectivity index is 1.67. The molecule has 1 aromatic heterocycles. The van der Waals surface area contributed by atoms with Crippen molar-refractivity contribution in [3.63, 3.8) is 0 Å². The summed E-state index contributed by atoms with van der Waals surface area (Å²) in [4.78, 5) is 13.4. The summed E-state index contributed by atoms with van der Waals surface area (Å²) in [5.74, 6) is 0.187. The number of tetrazole rings is 1. The van der Waals surface area contributed by atoms with Crippen LogP contribution in [0.25, 0.3) is 11.4 Å². The molecule has 1 aliphatic rings. The smallest absolute Gasteiger partial charge is 0.244 e. The molecule has 0 unspecified atom stereocenters. The van der Waals surface area contributed by atoms with Crippen molar-refractivity contribution in [3.8, 4) is 11.4 Å². The van der Waals surface area contributed by atoms with Crippen molar-refractivity contribution in [2.45, 2.75) is 32.4 Å². The van der Waals surface area contributed by atoms with Gasteiger partial charge in [0, 0.05) is 5.56 Å². The number of sulfone groups is 1. The Labute approximate surface area is 140 Å². The van der Waals surface area contributed by atoms with E-state index < -0.39 is 15.4 Å². The number of aryl methyl sites for hydroxylation is 1. The molecule has 0 bridgehead atoms. The predicted octanol–water partition coefficient (Wildman–Crippen LogP) is 0.342. The van der Waals surface area contributed by atoms with Gasteiger partial charge in [0.15, 0.2) is 9.84 Å². The van der Waals surface area contributed by atoms with Crippen molar-refractivity contribution in [2.75, 3.05) is 11.5 Å². The van der Waals surface area contributed by atoms with Crippen molar-refractivity contribution in [3.05, 3.63) is 29.8 Å². The lowest BCUT2D eigenvalue weighted by atomic mass is 10.0. The van der Waals surface area contributed by atoms with Gasteiger partial charge >= 0.3 is 0 Å². The van der Waals surface area contributed by atoms with Gasteiger partial charge in [0.25, 0.3) is 0 Å². The second kappa shape index (κ2) is 5.97. The normalized spacial score (nSPS) is 22.4. The first kappa shape index (κ1) is 16.6. The molecule has 9 heteroatoms. The Morgan fingerprint density at radius 3 is 2.79 bits per heavy atom. The van der Waals surface area contributed by atoms with Gasteiger partial charge in [-0.05, 0) is 31.0 Å². The van der Waals surface area contributed by atoms with Gasteiger partial charge in [0.2, 0.25) is 11.7 Å². The highest BCUT2D eigenvalue weighted by atomic mass is 32.2. The highest BCUT2D eigenvalue weighted by Crippen LogP contribution is 2.22. The summed E-state index contributed by atoms with van der Waals surface area (Å²) in [6, 6.07) is 7.65. The summed E-state index contributed by atoms with van der Waals surface area (Å²) >= 11 is 0. The number of nitrogens with one attached hydrogen (secondary N) is 1. The van der Waals surface area contributed by atoms with Crippen LogP contribution in [0.4, 0.5) is 0 Å². The third-order valence-corrected chi connectivity index (χ3v) is 5.97. The maximum Gasteiger partial charge on any atom is 0.244 e. The lowest BCUT2D eigenvalue weighted by Crippen LogP contribution is -2.48. The molecule has 1 N–H and O–H groups in total. The minimum absolute atomic E-state index is 0.0367. The predicted molar refractivity (Wildman–Crippen MR) is 87.8 cm³/mol. The van der Waals surface area contributed by atoms with Crippen LogP contribution in [0.3, 0.4) is 0 Å². The summed E-state index contributed by atoms with van der Waals surface area (Å²) in [7, 11) is -3.07. The molecule has 24 heavy (non-hydrogen) atoms. The number of hydrogen-bond acceptors (Lipinski definition) is 6. The summed E-state index contributed by atoms with van der Waals surface area (Å²) < 4.78 is 23.2. The largest absolute Gasteiger partial charge is 0.348 e. The maximum absolute atomic E-state index is 12.2. The van der Waals surface area contributed by atoms with Gasteiger partial charge in [0.05, 0.1) is 17.0 Å². The zero-order chi connectivity index (χ0) is 17.4. The van der Waals surface area contributed by atoms with Crippen LogP contribution in [0.2, 0.25) is 0 Å². The van der Waals surface area contributed by atoms with Crippen LogP contribution >= 0.6 is 0 Å². The first-order valence-electron chi connectivity index (χ1n) is 7.62. The number of benzene rings is 1. The molecule has 0 aliphatic carbocycles. The average molecular weight is 349 g/mol. The fourth-order valence-electron chi connectivity index (χ4n) is 2.86. The molecular weight excluding hydrogens is 330 g/mol. The van der Waals surface area contributed by atoms with E-state index in [0.29, 0.717) is 12.2 Å². The highest BCUT2D eigenvalue weighted by Gasteiger charge is 2.39. The van der Waals surface area contributed by atoms with E-state index in [1.807, 2.05) is 31.2 Å². The molecule has 128 valence electrons. The molecule has 1 fully saturated rings. The van der Waals surface area contributed by atoms with E-state index in [4.69, 9.17) is 0 Å². The first-order valence-corrected chi connectivity index (χ1v) is 9.44. The van der Waals surface area contributed by atoms with E-state index in [-0.39, 0.29) is 24.0 Å².